The summed E-state index contributed by atoms with van der Waals surface area (Å²) in [5, 5.41) is 3.16. The van der Waals surface area contributed by atoms with Gasteiger partial charge in [0.1, 0.15) is 12.1 Å². The van der Waals surface area contributed by atoms with Crippen molar-refractivity contribution in [3.63, 3.8) is 0 Å². The third-order valence-corrected chi connectivity index (χ3v) is 13.3. The molecule has 0 aromatic heterocycles. The van der Waals surface area contributed by atoms with Crippen molar-refractivity contribution in [2.75, 3.05) is 30.5 Å². The standard InChI is InChI=1S/C30H48N4O4S3/c1-22(2)20-41(37,38)34-21-39-19-27(34)30(36)31-23(3)29(35)32-40-28(25-12-8-5-9-13-25)26-14-16-33(17-15-26)18-24-10-6-4-7-11-24/h4,6-7,10-11,22-23,25-28H,5,8-9,12-21H2,1-3H3,(H,31,36)(H,32,35)/t23-,27+,28?/m1/s1. The van der Waals surface area contributed by atoms with E-state index in [9.17, 15) is 18.0 Å². The molecule has 3 atom stereocenters. The fraction of sp³-hybridized carbons (Fsp3) is 0.733. The minimum atomic E-state index is -3.53. The summed E-state index contributed by atoms with van der Waals surface area (Å²) < 4.78 is 30.0. The Morgan fingerprint density at radius 1 is 1.00 bits per heavy atom. The van der Waals surface area contributed by atoms with Gasteiger partial charge < -0.3 is 5.32 Å². The summed E-state index contributed by atoms with van der Waals surface area (Å²) >= 11 is 3.00. The highest BCUT2D eigenvalue weighted by Crippen LogP contribution is 2.39. The molecule has 1 unspecified atom stereocenters. The number of carbonyl (C=O) groups excluding carboxylic acids is 2. The number of rotatable bonds is 12. The molecule has 2 saturated heterocycles. The predicted octanol–water partition coefficient (Wildman–Crippen LogP) is 4.48. The highest BCUT2D eigenvalue weighted by atomic mass is 32.2. The number of hydrogen-bond donors (Lipinski definition) is 2. The third kappa shape index (κ3) is 9.36. The van der Waals surface area contributed by atoms with Gasteiger partial charge in [0, 0.05) is 17.5 Å². The summed E-state index contributed by atoms with van der Waals surface area (Å²) in [4.78, 5) is 28.8. The molecule has 2 amide bonds. The van der Waals surface area contributed by atoms with E-state index in [1.165, 1.54) is 53.7 Å². The van der Waals surface area contributed by atoms with Gasteiger partial charge in [0.15, 0.2) is 0 Å². The zero-order valence-corrected chi connectivity index (χ0v) is 27.2. The second kappa shape index (κ2) is 15.5. The van der Waals surface area contributed by atoms with Crippen molar-refractivity contribution in [3.8, 4) is 0 Å². The van der Waals surface area contributed by atoms with Crippen molar-refractivity contribution in [1.82, 2.24) is 19.2 Å². The van der Waals surface area contributed by atoms with Crippen LogP contribution in [0.5, 0.6) is 0 Å². The van der Waals surface area contributed by atoms with Crippen LogP contribution in [0.15, 0.2) is 30.3 Å². The molecule has 8 nitrogen and oxygen atoms in total. The van der Waals surface area contributed by atoms with E-state index in [-0.39, 0.29) is 23.5 Å². The van der Waals surface area contributed by atoms with Crippen LogP contribution in [0.1, 0.15) is 71.3 Å². The molecule has 11 heteroatoms. The Kier molecular flexibility index (Phi) is 12.3. The Hall–Kier alpha value is -1.27. The Bertz CT molecular complexity index is 1090. The van der Waals surface area contributed by atoms with Gasteiger partial charge in [-0.2, -0.15) is 4.31 Å². The molecule has 230 valence electrons. The van der Waals surface area contributed by atoms with Crippen molar-refractivity contribution in [2.45, 2.75) is 89.6 Å². The van der Waals surface area contributed by atoms with Crippen LogP contribution >= 0.6 is 23.7 Å². The van der Waals surface area contributed by atoms with Gasteiger partial charge in [-0.15, -0.1) is 11.8 Å². The summed E-state index contributed by atoms with van der Waals surface area (Å²) in [6.45, 7) is 8.51. The summed E-state index contributed by atoms with van der Waals surface area (Å²) in [5.41, 5.74) is 1.35. The maximum atomic E-state index is 13.2. The molecule has 1 aromatic carbocycles. The van der Waals surface area contributed by atoms with Crippen molar-refractivity contribution in [2.24, 2.45) is 17.8 Å². The molecule has 41 heavy (non-hydrogen) atoms. The van der Waals surface area contributed by atoms with Crippen molar-refractivity contribution in [3.05, 3.63) is 35.9 Å². The first-order valence-corrected chi connectivity index (χ1v) is 18.9. The van der Waals surface area contributed by atoms with Gasteiger partial charge in [0.25, 0.3) is 5.91 Å². The second-order valence-corrected chi connectivity index (χ2v) is 16.3. The number of amides is 2. The molecular formula is C30H48N4O4S3. The van der Waals surface area contributed by atoms with Gasteiger partial charge in [0.2, 0.25) is 15.9 Å². The Morgan fingerprint density at radius 2 is 1.66 bits per heavy atom. The molecule has 0 radical (unpaired) electrons. The molecule has 3 aliphatic rings. The maximum absolute atomic E-state index is 13.2. The molecule has 3 fully saturated rings. The normalized spacial score (nSPS) is 23.4. The van der Waals surface area contributed by atoms with E-state index in [0.29, 0.717) is 22.8 Å². The lowest BCUT2D eigenvalue weighted by atomic mass is 9.79. The molecule has 2 heterocycles. The molecule has 2 N–H and O–H groups in total. The van der Waals surface area contributed by atoms with Gasteiger partial charge in [-0.3, -0.25) is 19.2 Å². The lowest BCUT2D eigenvalue weighted by molar-refractivity contribution is -0.129. The van der Waals surface area contributed by atoms with Crippen molar-refractivity contribution < 1.29 is 18.0 Å². The second-order valence-electron chi connectivity index (χ2n) is 12.4. The van der Waals surface area contributed by atoms with Crippen LogP contribution in [0.25, 0.3) is 0 Å². The molecule has 2 aliphatic heterocycles. The number of sulfonamides is 1. The number of nitrogens with zero attached hydrogens (tertiary/aromatic N) is 2. The van der Waals surface area contributed by atoms with E-state index in [1.54, 1.807) is 18.9 Å². The lowest BCUT2D eigenvalue weighted by Crippen LogP contribution is -2.53. The van der Waals surface area contributed by atoms with E-state index >= 15 is 0 Å². The minimum absolute atomic E-state index is 0.0117. The topological polar surface area (TPSA) is 98.8 Å². The zero-order valence-electron chi connectivity index (χ0n) is 24.8. The monoisotopic (exact) mass is 624 g/mol. The van der Waals surface area contributed by atoms with Crippen molar-refractivity contribution >= 4 is 45.5 Å². The van der Waals surface area contributed by atoms with Crippen LogP contribution in [-0.4, -0.2) is 77.2 Å². The highest BCUT2D eigenvalue weighted by Gasteiger charge is 2.40. The molecule has 0 spiro atoms. The molecule has 1 aromatic rings. The Morgan fingerprint density at radius 3 is 2.32 bits per heavy atom. The average Bonchev–Trinajstić information content (AvgIpc) is 3.46. The number of hydrogen-bond acceptors (Lipinski definition) is 7. The number of likely N-dealkylation sites (tertiary alicyclic amines) is 1. The SMILES string of the molecule is CC(C)CS(=O)(=O)N1CSC[C@H]1C(=O)N[C@H](C)C(=O)NSC(C1CCCCC1)C1CCN(Cc2ccccc2)CC1. The summed E-state index contributed by atoms with van der Waals surface area (Å²) in [7, 11) is -3.53. The van der Waals surface area contributed by atoms with Crippen molar-refractivity contribution in [1.29, 1.82) is 0 Å². The third-order valence-electron chi connectivity index (χ3n) is 8.55. The van der Waals surface area contributed by atoms with E-state index in [1.807, 2.05) is 13.8 Å². The summed E-state index contributed by atoms with van der Waals surface area (Å²) in [6, 6.07) is 9.12. The van der Waals surface area contributed by atoms with Crippen LogP contribution < -0.4 is 10.0 Å². The molecule has 1 saturated carbocycles. The Balaban J connectivity index is 1.30. The smallest absolute Gasteiger partial charge is 0.252 e. The zero-order chi connectivity index (χ0) is 29.4. The van der Waals surface area contributed by atoms with Gasteiger partial charge in [-0.25, -0.2) is 8.42 Å². The number of thioether (sulfide) groups is 1. The van der Waals surface area contributed by atoms with Gasteiger partial charge in [-0.05, 0) is 81.0 Å². The fourth-order valence-electron chi connectivity index (χ4n) is 6.34. The molecule has 4 rings (SSSR count). The number of benzene rings is 1. The number of piperidine rings is 1. The largest absolute Gasteiger partial charge is 0.343 e. The van der Waals surface area contributed by atoms with E-state index in [0.717, 1.165) is 32.5 Å². The van der Waals surface area contributed by atoms with Crippen LogP contribution in [0.3, 0.4) is 0 Å². The number of nitrogens with one attached hydrogen (secondary N) is 2. The summed E-state index contributed by atoms with van der Waals surface area (Å²) in [5.74, 6) is 1.19. The van der Waals surface area contributed by atoms with E-state index < -0.39 is 28.0 Å². The molecule has 1 aliphatic carbocycles. The van der Waals surface area contributed by atoms with Gasteiger partial charge >= 0.3 is 0 Å². The maximum Gasteiger partial charge on any atom is 0.252 e. The molecule has 0 bridgehead atoms. The first kappa shape index (κ1) is 32.6. The summed E-state index contributed by atoms with van der Waals surface area (Å²) in [6.07, 6.45) is 8.48. The lowest BCUT2D eigenvalue weighted by Gasteiger charge is -2.40. The van der Waals surface area contributed by atoms with Crippen LogP contribution in [0, 0.1) is 17.8 Å². The first-order chi connectivity index (χ1) is 19.6. The van der Waals surface area contributed by atoms with E-state index in [4.69, 9.17) is 0 Å². The number of carbonyl (C=O) groups is 2. The first-order valence-electron chi connectivity index (χ1n) is 15.2. The van der Waals surface area contributed by atoms with E-state index in [2.05, 4.69) is 45.3 Å². The van der Waals surface area contributed by atoms with Crippen LogP contribution in [0.2, 0.25) is 0 Å². The molecular weight excluding hydrogens is 577 g/mol. The minimum Gasteiger partial charge on any atom is -0.343 e. The average molecular weight is 625 g/mol. The predicted molar refractivity (Wildman–Crippen MR) is 170 cm³/mol. The van der Waals surface area contributed by atoms with Gasteiger partial charge in [0.05, 0.1) is 11.6 Å². The highest BCUT2D eigenvalue weighted by molar-refractivity contribution is 8.00. The fourth-order valence-corrected chi connectivity index (χ4v) is 11.3. The van der Waals surface area contributed by atoms with Crippen LogP contribution in [0.4, 0.5) is 0 Å². The van der Waals surface area contributed by atoms with Crippen LogP contribution in [-0.2, 0) is 26.2 Å². The van der Waals surface area contributed by atoms with Gasteiger partial charge in [-0.1, -0.05) is 63.4 Å². The quantitative estimate of drug-likeness (QED) is 0.331. The Labute approximate surface area is 255 Å².